The van der Waals surface area contributed by atoms with Crippen molar-refractivity contribution in [2.75, 3.05) is 11.1 Å². The maximum absolute atomic E-state index is 11.9. The second-order valence-corrected chi connectivity index (χ2v) is 7.09. The van der Waals surface area contributed by atoms with Crippen molar-refractivity contribution in [1.29, 1.82) is 0 Å². The summed E-state index contributed by atoms with van der Waals surface area (Å²) in [5, 5.41) is 14.6. The van der Waals surface area contributed by atoms with Crippen molar-refractivity contribution in [3.8, 4) is 11.4 Å². The van der Waals surface area contributed by atoms with Gasteiger partial charge in [0.05, 0.1) is 5.69 Å². The molecular formula is C16H17N5OS2. The van der Waals surface area contributed by atoms with Crippen LogP contribution in [0.15, 0.2) is 40.9 Å². The standard InChI is InChI=1S/C16H17N5OS2/c1-11-10-24-15(17-11)18-13(22)8-9-23-16-20-19-14(21(16)2)12-6-4-3-5-7-12/h3-7,10H,8-9H2,1-2H3,(H,17,18,22). The van der Waals surface area contributed by atoms with Gasteiger partial charge in [-0.15, -0.1) is 21.5 Å². The Morgan fingerprint density at radius 3 is 2.79 bits per heavy atom. The van der Waals surface area contributed by atoms with Gasteiger partial charge in [0, 0.05) is 30.2 Å². The molecule has 0 saturated heterocycles. The predicted octanol–water partition coefficient (Wildman–Crippen LogP) is 3.37. The number of aromatic nitrogens is 4. The number of carbonyl (C=O) groups is 1. The Bertz CT molecular complexity index is 828. The summed E-state index contributed by atoms with van der Waals surface area (Å²) >= 11 is 2.95. The number of amides is 1. The van der Waals surface area contributed by atoms with E-state index >= 15 is 0 Å². The van der Waals surface area contributed by atoms with Gasteiger partial charge in [0.25, 0.3) is 0 Å². The van der Waals surface area contributed by atoms with Gasteiger partial charge in [-0.1, -0.05) is 42.1 Å². The number of hydrogen-bond donors (Lipinski definition) is 1. The summed E-state index contributed by atoms with van der Waals surface area (Å²) < 4.78 is 1.95. The molecule has 24 heavy (non-hydrogen) atoms. The third kappa shape index (κ3) is 4.01. The first-order chi connectivity index (χ1) is 11.6. The molecule has 6 nitrogen and oxygen atoms in total. The minimum Gasteiger partial charge on any atom is -0.305 e. The van der Waals surface area contributed by atoms with Crippen LogP contribution in [0.5, 0.6) is 0 Å². The average molecular weight is 359 g/mol. The maximum atomic E-state index is 11.9. The van der Waals surface area contributed by atoms with E-state index in [1.807, 2.05) is 54.3 Å². The summed E-state index contributed by atoms with van der Waals surface area (Å²) in [4.78, 5) is 16.1. The third-order valence-electron chi connectivity index (χ3n) is 3.29. The Morgan fingerprint density at radius 1 is 1.29 bits per heavy atom. The minimum atomic E-state index is -0.0395. The summed E-state index contributed by atoms with van der Waals surface area (Å²) in [6.45, 7) is 1.90. The van der Waals surface area contributed by atoms with Crippen molar-refractivity contribution in [3.05, 3.63) is 41.4 Å². The first kappa shape index (κ1) is 16.7. The van der Waals surface area contributed by atoms with Crippen LogP contribution in [0.1, 0.15) is 12.1 Å². The SMILES string of the molecule is Cc1csc(NC(=O)CCSc2nnc(-c3ccccc3)n2C)n1. The Hall–Kier alpha value is -2.19. The van der Waals surface area contributed by atoms with E-state index in [4.69, 9.17) is 0 Å². The van der Waals surface area contributed by atoms with Crippen LogP contribution in [-0.4, -0.2) is 31.4 Å². The zero-order valence-electron chi connectivity index (χ0n) is 13.4. The molecule has 2 aromatic heterocycles. The number of hydrogen-bond acceptors (Lipinski definition) is 6. The van der Waals surface area contributed by atoms with Crippen LogP contribution in [0.2, 0.25) is 0 Å². The highest BCUT2D eigenvalue weighted by Crippen LogP contribution is 2.23. The molecule has 0 aliphatic rings. The van der Waals surface area contributed by atoms with E-state index < -0.39 is 0 Å². The molecule has 0 atom stereocenters. The summed E-state index contributed by atoms with van der Waals surface area (Å²) in [6.07, 6.45) is 0.400. The van der Waals surface area contributed by atoms with Gasteiger partial charge in [-0.2, -0.15) is 0 Å². The molecule has 0 radical (unpaired) electrons. The fourth-order valence-corrected chi connectivity index (χ4v) is 3.66. The topological polar surface area (TPSA) is 72.7 Å². The van der Waals surface area contributed by atoms with Gasteiger partial charge in [-0.25, -0.2) is 4.98 Å². The molecule has 3 rings (SSSR count). The smallest absolute Gasteiger partial charge is 0.226 e. The van der Waals surface area contributed by atoms with Crippen LogP contribution in [0.25, 0.3) is 11.4 Å². The molecule has 1 N–H and O–H groups in total. The molecule has 2 heterocycles. The monoisotopic (exact) mass is 359 g/mol. The second-order valence-electron chi connectivity index (χ2n) is 5.17. The number of benzene rings is 1. The molecule has 124 valence electrons. The highest BCUT2D eigenvalue weighted by Gasteiger charge is 2.12. The predicted molar refractivity (Wildman–Crippen MR) is 97.3 cm³/mol. The first-order valence-corrected chi connectivity index (χ1v) is 9.29. The lowest BCUT2D eigenvalue weighted by atomic mass is 10.2. The highest BCUT2D eigenvalue weighted by molar-refractivity contribution is 7.99. The largest absolute Gasteiger partial charge is 0.305 e. The number of aryl methyl sites for hydroxylation is 1. The molecule has 0 spiro atoms. The normalized spacial score (nSPS) is 10.8. The van der Waals surface area contributed by atoms with E-state index in [1.54, 1.807) is 0 Å². The Labute approximate surface area is 148 Å². The van der Waals surface area contributed by atoms with Crippen molar-refractivity contribution >= 4 is 34.1 Å². The van der Waals surface area contributed by atoms with Gasteiger partial charge in [-0.05, 0) is 6.92 Å². The zero-order chi connectivity index (χ0) is 16.9. The van der Waals surface area contributed by atoms with Crippen molar-refractivity contribution in [2.24, 2.45) is 7.05 Å². The van der Waals surface area contributed by atoms with Gasteiger partial charge < -0.3 is 9.88 Å². The molecule has 0 fully saturated rings. The molecular weight excluding hydrogens is 342 g/mol. The molecule has 1 aromatic carbocycles. The summed E-state index contributed by atoms with van der Waals surface area (Å²) in [5.74, 6) is 1.42. The number of carbonyl (C=O) groups excluding carboxylic acids is 1. The van der Waals surface area contributed by atoms with Crippen LogP contribution in [-0.2, 0) is 11.8 Å². The van der Waals surface area contributed by atoms with E-state index in [9.17, 15) is 4.79 Å². The minimum absolute atomic E-state index is 0.0395. The number of anilines is 1. The molecule has 0 bridgehead atoms. The Kier molecular flexibility index (Phi) is 5.27. The van der Waals surface area contributed by atoms with Gasteiger partial charge in [0.1, 0.15) is 0 Å². The van der Waals surface area contributed by atoms with Crippen LogP contribution >= 0.6 is 23.1 Å². The average Bonchev–Trinajstić information content (AvgIpc) is 3.14. The lowest BCUT2D eigenvalue weighted by Crippen LogP contribution is -2.12. The van der Waals surface area contributed by atoms with Crippen LogP contribution in [0, 0.1) is 6.92 Å². The Morgan fingerprint density at radius 2 is 2.08 bits per heavy atom. The zero-order valence-corrected chi connectivity index (χ0v) is 15.0. The lowest BCUT2D eigenvalue weighted by Gasteiger charge is -2.04. The van der Waals surface area contributed by atoms with Crippen molar-refractivity contribution in [3.63, 3.8) is 0 Å². The quantitative estimate of drug-likeness (QED) is 0.683. The lowest BCUT2D eigenvalue weighted by molar-refractivity contribution is -0.115. The van der Waals surface area contributed by atoms with Crippen LogP contribution in [0.4, 0.5) is 5.13 Å². The number of rotatable bonds is 6. The van der Waals surface area contributed by atoms with Crippen molar-refractivity contribution < 1.29 is 4.79 Å². The van der Waals surface area contributed by atoms with E-state index in [-0.39, 0.29) is 5.91 Å². The summed E-state index contributed by atoms with van der Waals surface area (Å²) in [5.41, 5.74) is 1.94. The molecule has 8 heteroatoms. The third-order valence-corrected chi connectivity index (χ3v) is 5.19. The number of nitrogens with zero attached hydrogens (tertiary/aromatic N) is 4. The molecule has 0 aliphatic carbocycles. The summed E-state index contributed by atoms with van der Waals surface area (Å²) in [7, 11) is 1.93. The molecule has 0 unspecified atom stereocenters. The van der Waals surface area contributed by atoms with Crippen LogP contribution < -0.4 is 5.32 Å². The first-order valence-electron chi connectivity index (χ1n) is 7.43. The fraction of sp³-hybridized carbons (Fsp3) is 0.250. The molecule has 3 aromatic rings. The number of thiazole rings is 1. The van der Waals surface area contributed by atoms with E-state index in [0.717, 1.165) is 22.2 Å². The van der Waals surface area contributed by atoms with Gasteiger partial charge in [0.2, 0.25) is 5.91 Å². The molecule has 0 aliphatic heterocycles. The number of nitrogens with one attached hydrogen (secondary N) is 1. The van der Waals surface area contributed by atoms with Crippen LogP contribution in [0.3, 0.4) is 0 Å². The van der Waals surface area contributed by atoms with E-state index in [0.29, 0.717) is 17.3 Å². The van der Waals surface area contributed by atoms with E-state index in [2.05, 4.69) is 20.5 Å². The highest BCUT2D eigenvalue weighted by atomic mass is 32.2. The Balaban J connectivity index is 1.54. The van der Waals surface area contributed by atoms with Crippen molar-refractivity contribution in [2.45, 2.75) is 18.5 Å². The van der Waals surface area contributed by atoms with Crippen molar-refractivity contribution in [1.82, 2.24) is 19.7 Å². The molecule has 0 saturated carbocycles. The van der Waals surface area contributed by atoms with Gasteiger partial charge >= 0.3 is 0 Å². The van der Waals surface area contributed by atoms with E-state index in [1.165, 1.54) is 23.1 Å². The maximum Gasteiger partial charge on any atom is 0.226 e. The second kappa shape index (κ2) is 7.59. The summed E-state index contributed by atoms with van der Waals surface area (Å²) in [6, 6.07) is 9.92. The fourth-order valence-electron chi connectivity index (χ4n) is 2.11. The van der Waals surface area contributed by atoms with Gasteiger partial charge in [0.15, 0.2) is 16.1 Å². The number of thioether (sulfide) groups is 1. The molecule has 1 amide bonds. The van der Waals surface area contributed by atoms with Gasteiger partial charge in [-0.3, -0.25) is 4.79 Å².